The van der Waals surface area contributed by atoms with E-state index in [4.69, 9.17) is 18.9 Å². The molecule has 2 atom stereocenters. The van der Waals surface area contributed by atoms with Crippen molar-refractivity contribution in [3.8, 4) is 0 Å². The van der Waals surface area contributed by atoms with Crippen LogP contribution in [-0.2, 0) is 30.3 Å². The Hall–Kier alpha value is -2.12. The van der Waals surface area contributed by atoms with Crippen LogP contribution in [0.3, 0.4) is 0 Å². The molecule has 1 spiro atoms. The minimum atomic E-state index is -1.13. The second-order valence-electron chi connectivity index (χ2n) is 7.32. The van der Waals surface area contributed by atoms with Crippen molar-refractivity contribution in [2.75, 3.05) is 7.11 Å². The number of hydrogen-bond acceptors (Lipinski definition) is 6. The molecule has 0 radical (unpaired) electrons. The average molecular weight is 377 g/mol. The van der Waals surface area contributed by atoms with Crippen LogP contribution in [0.25, 0.3) is 0 Å². The van der Waals surface area contributed by atoms with E-state index in [1.54, 1.807) is 0 Å². The first-order valence-corrected chi connectivity index (χ1v) is 9.31. The summed E-state index contributed by atoms with van der Waals surface area (Å²) in [7, 11) is 1.32. The van der Waals surface area contributed by atoms with Crippen LogP contribution in [-0.4, -0.2) is 42.7 Å². The van der Waals surface area contributed by atoms with Gasteiger partial charge in [-0.15, -0.1) is 0 Å². The number of methoxy groups -OCH3 is 1. The van der Waals surface area contributed by atoms with Crippen molar-refractivity contribution in [2.45, 2.75) is 69.7 Å². The van der Waals surface area contributed by atoms with Crippen molar-refractivity contribution in [1.29, 1.82) is 0 Å². The number of hydrogen-bond donors (Lipinski definition) is 1. The van der Waals surface area contributed by atoms with Crippen LogP contribution in [0.15, 0.2) is 30.3 Å². The first kappa shape index (κ1) is 19.6. The highest BCUT2D eigenvalue weighted by atomic mass is 16.8. The van der Waals surface area contributed by atoms with Gasteiger partial charge in [-0.3, -0.25) is 0 Å². The second-order valence-corrected chi connectivity index (χ2v) is 7.32. The van der Waals surface area contributed by atoms with Gasteiger partial charge in [-0.05, 0) is 32.3 Å². The number of carbonyl (C=O) groups is 2. The van der Waals surface area contributed by atoms with Crippen LogP contribution in [0.4, 0.5) is 4.79 Å². The monoisotopic (exact) mass is 377 g/mol. The van der Waals surface area contributed by atoms with E-state index in [-0.39, 0.29) is 18.8 Å². The highest BCUT2D eigenvalue weighted by Gasteiger charge is 2.54. The van der Waals surface area contributed by atoms with Crippen LogP contribution < -0.4 is 5.32 Å². The molecule has 1 aromatic rings. The zero-order chi connectivity index (χ0) is 19.5. The molecular weight excluding hydrogens is 350 g/mol. The summed E-state index contributed by atoms with van der Waals surface area (Å²) >= 11 is 0. The van der Waals surface area contributed by atoms with Crippen LogP contribution in [0, 0.1) is 0 Å². The van der Waals surface area contributed by atoms with Gasteiger partial charge in [-0.2, -0.15) is 0 Å². The van der Waals surface area contributed by atoms with E-state index in [2.05, 4.69) is 5.32 Å². The Morgan fingerprint density at radius 2 is 1.67 bits per heavy atom. The number of rotatable bonds is 4. The number of carbonyl (C=O) groups excluding carboxylic acids is 2. The Kier molecular flexibility index (Phi) is 5.72. The van der Waals surface area contributed by atoms with Gasteiger partial charge in [0.05, 0.1) is 19.3 Å². The van der Waals surface area contributed by atoms with Crippen LogP contribution >= 0.6 is 0 Å². The molecule has 27 heavy (non-hydrogen) atoms. The number of esters is 1. The molecule has 1 aromatic carbocycles. The van der Waals surface area contributed by atoms with Crippen LogP contribution in [0.2, 0.25) is 0 Å². The van der Waals surface area contributed by atoms with Gasteiger partial charge >= 0.3 is 12.1 Å². The summed E-state index contributed by atoms with van der Waals surface area (Å²) in [5.74, 6) is -1.17. The SMILES string of the molecule is COC(=O)C1(NC(=O)OCc2ccccc2)CCC2(CC1)O[C@H](C)[C@@H](C)O2. The Balaban J connectivity index is 1.62. The third-order valence-corrected chi connectivity index (χ3v) is 5.46. The van der Waals surface area contributed by atoms with Crippen molar-refractivity contribution in [3.63, 3.8) is 0 Å². The van der Waals surface area contributed by atoms with Gasteiger partial charge in [0, 0.05) is 12.8 Å². The van der Waals surface area contributed by atoms with Crippen molar-refractivity contribution < 1.29 is 28.5 Å². The zero-order valence-corrected chi connectivity index (χ0v) is 16.0. The number of alkyl carbamates (subject to hydrolysis) is 1. The molecule has 0 aromatic heterocycles. The van der Waals surface area contributed by atoms with E-state index in [0.717, 1.165) is 5.56 Å². The van der Waals surface area contributed by atoms with E-state index in [0.29, 0.717) is 25.7 Å². The lowest BCUT2D eigenvalue weighted by Crippen LogP contribution is -2.59. The smallest absolute Gasteiger partial charge is 0.408 e. The summed E-state index contributed by atoms with van der Waals surface area (Å²) in [5.41, 5.74) is -0.256. The summed E-state index contributed by atoms with van der Waals surface area (Å²) in [6.45, 7) is 4.08. The molecule has 1 saturated carbocycles. The molecule has 148 valence electrons. The number of benzene rings is 1. The number of amides is 1. The fourth-order valence-corrected chi connectivity index (χ4v) is 3.72. The largest absolute Gasteiger partial charge is 0.467 e. The molecule has 0 bridgehead atoms. The molecule has 1 heterocycles. The molecule has 7 heteroatoms. The maximum Gasteiger partial charge on any atom is 0.408 e. The molecular formula is C20H27NO6. The Bertz CT molecular complexity index is 656. The van der Waals surface area contributed by atoms with Crippen molar-refractivity contribution >= 4 is 12.1 Å². The van der Waals surface area contributed by atoms with E-state index in [1.807, 2.05) is 44.2 Å². The van der Waals surface area contributed by atoms with E-state index >= 15 is 0 Å². The standard InChI is InChI=1S/C20H27NO6/c1-14-15(2)27-20(26-14)11-9-19(10-12-20,17(22)24-3)21-18(23)25-13-16-7-5-4-6-8-16/h4-8,14-15H,9-13H2,1-3H3,(H,21,23)/t14-,15-/m1/s1. The highest BCUT2D eigenvalue weighted by molar-refractivity contribution is 5.85. The molecule has 1 aliphatic carbocycles. The fraction of sp³-hybridized carbons (Fsp3) is 0.600. The predicted molar refractivity (Wildman–Crippen MR) is 96.8 cm³/mol. The van der Waals surface area contributed by atoms with Gasteiger partial charge in [-0.1, -0.05) is 30.3 Å². The molecule has 3 rings (SSSR count). The minimum absolute atomic E-state index is 0.000534. The van der Waals surface area contributed by atoms with Crippen LogP contribution in [0.1, 0.15) is 45.1 Å². The van der Waals surface area contributed by atoms with Gasteiger partial charge in [0.1, 0.15) is 12.1 Å². The lowest BCUT2D eigenvalue weighted by atomic mass is 9.78. The van der Waals surface area contributed by atoms with E-state index in [1.165, 1.54) is 7.11 Å². The minimum Gasteiger partial charge on any atom is -0.467 e. The Labute approximate surface area is 159 Å². The molecule has 2 fully saturated rings. The lowest BCUT2D eigenvalue weighted by Gasteiger charge is -2.42. The average Bonchev–Trinajstić information content (AvgIpc) is 2.96. The summed E-state index contributed by atoms with van der Waals surface area (Å²) in [6.07, 6.45) is 1.07. The maximum atomic E-state index is 12.5. The zero-order valence-electron chi connectivity index (χ0n) is 16.0. The summed E-state index contributed by atoms with van der Waals surface area (Å²) in [6, 6.07) is 9.37. The highest BCUT2D eigenvalue weighted by Crippen LogP contribution is 2.44. The maximum absolute atomic E-state index is 12.5. The van der Waals surface area contributed by atoms with Crippen molar-refractivity contribution in [2.24, 2.45) is 0 Å². The van der Waals surface area contributed by atoms with Crippen molar-refractivity contribution in [3.05, 3.63) is 35.9 Å². The third-order valence-electron chi connectivity index (χ3n) is 5.46. The molecule has 7 nitrogen and oxygen atoms in total. The molecule has 1 amide bonds. The first-order valence-electron chi connectivity index (χ1n) is 9.31. The molecule has 1 saturated heterocycles. The summed E-state index contributed by atoms with van der Waals surface area (Å²) in [5, 5.41) is 2.74. The number of nitrogens with one attached hydrogen (secondary N) is 1. The van der Waals surface area contributed by atoms with Gasteiger partial charge in [0.2, 0.25) is 0 Å². The quantitative estimate of drug-likeness (QED) is 0.813. The van der Waals surface area contributed by atoms with Crippen molar-refractivity contribution in [1.82, 2.24) is 5.32 Å². The van der Waals surface area contributed by atoms with Gasteiger partial charge in [0.25, 0.3) is 0 Å². The normalized spacial score (nSPS) is 25.7. The number of ether oxygens (including phenoxy) is 4. The topological polar surface area (TPSA) is 83.1 Å². The van der Waals surface area contributed by atoms with E-state index < -0.39 is 23.4 Å². The first-order chi connectivity index (χ1) is 12.9. The second kappa shape index (κ2) is 7.86. The Morgan fingerprint density at radius 1 is 1.07 bits per heavy atom. The molecule has 1 N–H and O–H groups in total. The van der Waals surface area contributed by atoms with Crippen LogP contribution in [0.5, 0.6) is 0 Å². The Morgan fingerprint density at radius 3 is 2.22 bits per heavy atom. The van der Waals surface area contributed by atoms with Gasteiger partial charge < -0.3 is 24.3 Å². The van der Waals surface area contributed by atoms with E-state index in [9.17, 15) is 9.59 Å². The predicted octanol–water partition coefficient (Wildman–Crippen LogP) is 2.92. The summed E-state index contributed by atoms with van der Waals surface area (Å²) in [4.78, 5) is 24.8. The molecule has 2 aliphatic rings. The third kappa shape index (κ3) is 4.25. The molecule has 1 aliphatic heterocycles. The lowest BCUT2D eigenvalue weighted by molar-refractivity contribution is -0.203. The summed E-state index contributed by atoms with van der Waals surface area (Å²) < 4.78 is 22.2. The van der Waals surface area contributed by atoms with Gasteiger partial charge in [0.15, 0.2) is 5.79 Å². The van der Waals surface area contributed by atoms with Gasteiger partial charge in [-0.25, -0.2) is 9.59 Å². The fourth-order valence-electron chi connectivity index (χ4n) is 3.72. The molecule has 0 unspecified atom stereocenters.